The number of imidazole rings is 1. The molecule has 0 fully saturated rings. The van der Waals surface area contributed by atoms with Crippen LogP contribution in [0.2, 0.25) is 10.0 Å². The molecule has 0 unspecified atom stereocenters. The predicted octanol–water partition coefficient (Wildman–Crippen LogP) is 6.00. The van der Waals surface area contributed by atoms with Crippen LogP contribution in [-0.4, -0.2) is 19.5 Å². The topological polar surface area (TPSA) is 102 Å². The fourth-order valence-corrected chi connectivity index (χ4v) is 4.39. The largest absolute Gasteiger partial charge is 0.398 e. The number of aromatic nitrogens is 4. The SMILES string of the molecule is CC(=Cc1ccccc1N)c1nc2ccc3nc(Nc4c(Cl)cccc4Cl)n(C)c3c2c(=O)[nH]1. The average molecular weight is 491 g/mol. The second-order valence-electron chi connectivity index (χ2n) is 7.91. The van der Waals surface area contributed by atoms with Crippen LogP contribution in [0.3, 0.4) is 0 Å². The van der Waals surface area contributed by atoms with Crippen molar-refractivity contribution >= 4 is 74.1 Å². The molecule has 0 radical (unpaired) electrons. The number of halogens is 2. The van der Waals surface area contributed by atoms with E-state index in [1.807, 2.05) is 50.4 Å². The number of fused-ring (bicyclic) bond motifs is 3. The molecule has 0 aliphatic rings. The van der Waals surface area contributed by atoms with Gasteiger partial charge in [0.2, 0.25) is 5.95 Å². The van der Waals surface area contributed by atoms with Crippen molar-refractivity contribution in [1.29, 1.82) is 0 Å². The molecule has 2 aromatic heterocycles. The second kappa shape index (κ2) is 8.52. The zero-order valence-corrected chi connectivity index (χ0v) is 19.9. The third kappa shape index (κ3) is 3.79. The van der Waals surface area contributed by atoms with Crippen molar-refractivity contribution in [1.82, 2.24) is 19.5 Å². The van der Waals surface area contributed by atoms with E-state index in [-0.39, 0.29) is 5.56 Å². The summed E-state index contributed by atoms with van der Waals surface area (Å²) in [6.07, 6.45) is 1.90. The van der Waals surface area contributed by atoms with E-state index >= 15 is 0 Å². The van der Waals surface area contributed by atoms with E-state index in [9.17, 15) is 4.79 Å². The van der Waals surface area contributed by atoms with E-state index in [1.165, 1.54) is 0 Å². The first-order valence-corrected chi connectivity index (χ1v) is 11.2. The monoisotopic (exact) mass is 490 g/mol. The van der Waals surface area contributed by atoms with E-state index in [4.69, 9.17) is 33.9 Å². The third-order valence-corrected chi connectivity index (χ3v) is 6.28. The van der Waals surface area contributed by atoms with Crippen LogP contribution >= 0.6 is 23.2 Å². The number of anilines is 3. The first-order chi connectivity index (χ1) is 16.3. The first kappa shape index (κ1) is 22.0. The quantitative estimate of drug-likeness (QED) is 0.268. The predicted molar refractivity (Wildman–Crippen MR) is 141 cm³/mol. The number of H-pyrrole nitrogens is 1. The number of nitrogens with zero attached hydrogens (tertiary/aromatic N) is 3. The normalized spacial score (nSPS) is 11.9. The van der Waals surface area contributed by atoms with Crippen LogP contribution in [0.25, 0.3) is 33.6 Å². The van der Waals surface area contributed by atoms with Crippen molar-refractivity contribution in [2.24, 2.45) is 7.05 Å². The Bertz CT molecular complexity index is 1650. The molecule has 4 N–H and O–H groups in total. The van der Waals surface area contributed by atoms with Gasteiger partial charge in [-0.15, -0.1) is 0 Å². The average Bonchev–Trinajstić information content (AvgIpc) is 3.13. The molecule has 9 heteroatoms. The number of aromatic amines is 1. The Kier molecular flexibility index (Phi) is 5.51. The summed E-state index contributed by atoms with van der Waals surface area (Å²) in [6, 6.07) is 16.4. The standard InChI is InChI=1S/C25H20Cl2N6O/c1-13(12-14-6-3-4-9-17(14)28)23-29-18-10-11-19-22(20(18)24(34)32-23)33(2)25(30-19)31-21-15(26)7-5-8-16(21)27/h3-12H,28H2,1-2H3,(H,30,31)(H,29,32,34). The molecule has 0 amide bonds. The second-order valence-corrected chi connectivity index (χ2v) is 8.73. The highest BCUT2D eigenvalue weighted by molar-refractivity contribution is 6.39. The summed E-state index contributed by atoms with van der Waals surface area (Å²) in [4.78, 5) is 25.5. The Labute approximate surface area is 204 Å². The molecular formula is C25H20Cl2N6O. The van der Waals surface area contributed by atoms with Crippen LogP contribution in [0.5, 0.6) is 0 Å². The van der Waals surface area contributed by atoms with Crippen molar-refractivity contribution in [3.05, 3.63) is 86.4 Å². The molecule has 0 saturated carbocycles. The molecule has 7 nitrogen and oxygen atoms in total. The number of hydrogen-bond acceptors (Lipinski definition) is 5. The van der Waals surface area contributed by atoms with Gasteiger partial charge < -0.3 is 20.6 Å². The lowest BCUT2D eigenvalue weighted by atomic mass is 10.1. The number of hydrogen-bond donors (Lipinski definition) is 3. The van der Waals surface area contributed by atoms with Crippen molar-refractivity contribution in [2.45, 2.75) is 6.92 Å². The van der Waals surface area contributed by atoms with Gasteiger partial charge in [0.1, 0.15) is 5.82 Å². The zero-order chi connectivity index (χ0) is 24.0. The lowest BCUT2D eigenvalue weighted by Gasteiger charge is -2.10. The van der Waals surface area contributed by atoms with Crippen molar-refractivity contribution < 1.29 is 0 Å². The van der Waals surface area contributed by atoms with Crippen LogP contribution in [0.4, 0.5) is 17.3 Å². The van der Waals surface area contributed by atoms with Crippen LogP contribution in [0, 0.1) is 0 Å². The molecule has 0 bridgehead atoms. The Balaban J connectivity index is 1.63. The molecule has 0 spiro atoms. The van der Waals surface area contributed by atoms with Crippen LogP contribution < -0.4 is 16.6 Å². The Morgan fingerprint density at radius 2 is 1.74 bits per heavy atom. The summed E-state index contributed by atoms with van der Waals surface area (Å²) in [7, 11) is 1.82. The Hall–Kier alpha value is -3.81. The summed E-state index contributed by atoms with van der Waals surface area (Å²) in [6.45, 7) is 1.88. The highest BCUT2D eigenvalue weighted by Gasteiger charge is 2.17. The van der Waals surface area contributed by atoms with Gasteiger partial charge in [0.25, 0.3) is 5.56 Å². The highest BCUT2D eigenvalue weighted by atomic mass is 35.5. The van der Waals surface area contributed by atoms with Gasteiger partial charge in [0.15, 0.2) is 0 Å². The van der Waals surface area contributed by atoms with Crippen molar-refractivity contribution in [3.8, 4) is 0 Å². The summed E-state index contributed by atoms with van der Waals surface area (Å²) >= 11 is 12.6. The molecule has 5 rings (SSSR count). The fourth-order valence-electron chi connectivity index (χ4n) is 3.90. The van der Waals surface area contributed by atoms with E-state index in [0.29, 0.717) is 55.1 Å². The molecule has 0 saturated heterocycles. The minimum Gasteiger partial charge on any atom is -0.398 e. The van der Waals surface area contributed by atoms with Gasteiger partial charge in [-0.2, -0.15) is 0 Å². The van der Waals surface area contributed by atoms with E-state index < -0.39 is 0 Å². The molecule has 2 heterocycles. The number of nitrogen functional groups attached to an aromatic ring is 1. The molecule has 34 heavy (non-hydrogen) atoms. The third-order valence-electron chi connectivity index (χ3n) is 5.65. The Morgan fingerprint density at radius 1 is 1.03 bits per heavy atom. The summed E-state index contributed by atoms with van der Waals surface area (Å²) in [5.41, 5.74) is 10.5. The van der Waals surface area contributed by atoms with Gasteiger partial charge in [-0.05, 0) is 54.5 Å². The molecule has 170 valence electrons. The lowest BCUT2D eigenvalue weighted by molar-refractivity contribution is 0.960. The van der Waals surface area contributed by atoms with Gasteiger partial charge in [0, 0.05) is 12.7 Å². The first-order valence-electron chi connectivity index (χ1n) is 10.5. The lowest BCUT2D eigenvalue weighted by Crippen LogP contribution is -2.12. The minimum absolute atomic E-state index is 0.260. The van der Waals surface area contributed by atoms with Gasteiger partial charge in [-0.1, -0.05) is 47.5 Å². The number of rotatable bonds is 4. The van der Waals surface area contributed by atoms with E-state index in [2.05, 4.69) is 15.3 Å². The zero-order valence-electron chi connectivity index (χ0n) is 18.4. The maximum absolute atomic E-state index is 13.2. The fraction of sp³-hybridized carbons (Fsp3) is 0.0800. The molecule has 0 aliphatic heterocycles. The number of para-hydroxylation sites is 2. The van der Waals surface area contributed by atoms with Gasteiger partial charge in [-0.25, -0.2) is 9.97 Å². The maximum atomic E-state index is 13.2. The smallest absolute Gasteiger partial charge is 0.261 e. The molecule has 0 atom stereocenters. The van der Waals surface area contributed by atoms with Gasteiger partial charge >= 0.3 is 0 Å². The van der Waals surface area contributed by atoms with Gasteiger partial charge in [-0.3, -0.25) is 4.79 Å². The number of nitrogens with one attached hydrogen (secondary N) is 2. The highest BCUT2D eigenvalue weighted by Crippen LogP contribution is 2.34. The molecular weight excluding hydrogens is 471 g/mol. The summed E-state index contributed by atoms with van der Waals surface area (Å²) < 4.78 is 1.79. The van der Waals surface area contributed by atoms with Crippen molar-refractivity contribution in [3.63, 3.8) is 0 Å². The molecule has 5 aromatic rings. The van der Waals surface area contributed by atoms with Gasteiger partial charge in [0.05, 0.1) is 37.7 Å². The van der Waals surface area contributed by atoms with Crippen LogP contribution in [0.1, 0.15) is 18.3 Å². The van der Waals surface area contributed by atoms with E-state index in [1.54, 1.807) is 28.8 Å². The van der Waals surface area contributed by atoms with Crippen molar-refractivity contribution in [2.75, 3.05) is 11.1 Å². The number of allylic oxidation sites excluding steroid dienone is 1. The number of benzene rings is 3. The molecule has 0 aliphatic carbocycles. The van der Waals surface area contributed by atoms with E-state index in [0.717, 1.165) is 11.1 Å². The summed E-state index contributed by atoms with van der Waals surface area (Å²) in [5.74, 6) is 0.972. The minimum atomic E-state index is -0.260. The Morgan fingerprint density at radius 3 is 2.47 bits per heavy atom. The maximum Gasteiger partial charge on any atom is 0.261 e. The molecule has 3 aromatic carbocycles. The number of aryl methyl sites for hydroxylation is 1. The summed E-state index contributed by atoms with van der Waals surface area (Å²) in [5, 5.41) is 4.56. The number of nitrogens with two attached hydrogens (primary N) is 1. The van der Waals surface area contributed by atoms with Crippen LogP contribution in [0.15, 0.2) is 59.4 Å². The van der Waals surface area contributed by atoms with Crippen LogP contribution in [-0.2, 0) is 7.05 Å².